The maximum absolute atomic E-state index is 6.27. The van der Waals surface area contributed by atoms with E-state index in [9.17, 15) is 0 Å². The van der Waals surface area contributed by atoms with E-state index in [4.69, 9.17) is 5.73 Å². The molecule has 1 aliphatic rings. The topological polar surface area (TPSA) is 29.3 Å². The molecule has 0 aliphatic heterocycles. The Labute approximate surface area is 105 Å². The molecule has 1 aliphatic carbocycles. The average Bonchev–Trinajstić information content (AvgIpc) is 2.83. The van der Waals surface area contributed by atoms with Gasteiger partial charge in [-0.1, -0.05) is 42.7 Å². The summed E-state index contributed by atoms with van der Waals surface area (Å²) in [4.78, 5) is 2.44. The van der Waals surface area contributed by atoms with Gasteiger partial charge in [0.2, 0.25) is 0 Å². The van der Waals surface area contributed by atoms with Gasteiger partial charge >= 0.3 is 0 Å². The summed E-state index contributed by atoms with van der Waals surface area (Å²) in [5.41, 5.74) is 8.82. The molecule has 1 saturated carbocycles. The van der Waals surface area contributed by atoms with Crippen LogP contribution in [0, 0.1) is 6.92 Å². The lowest BCUT2D eigenvalue weighted by Crippen LogP contribution is -2.35. The van der Waals surface area contributed by atoms with E-state index in [0.717, 1.165) is 12.6 Å². The lowest BCUT2D eigenvalue weighted by molar-refractivity contribution is 0.231. The molecule has 0 heterocycles. The van der Waals surface area contributed by atoms with Gasteiger partial charge in [0.25, 0.3) is 0 Å². The third kappa shape index (κ3) is 3.30. The first kappa shape index (κ1) is 12.6. The van der Waals surface area contributed by atoms with Crippen LogP contribution in [-0.2, 0) is 0 Å². The minimum absolute atomic E-state index is 0.140. The Morgan fingerprint density at radius 1 is 1.24 bits per heavy atom. The van der Waals surface area contributed by atoms with Crippen molar-refractivity contribution < 1.29 is 0 Å². The molecule has 1 aromatic carbocycles. The van der Waals surface area contributed by atoms with Gasteiger partial charge < -0.3 is 10.6 Å². The number of hydrogen-bond donors (Lipinski definition) is 1. The summed E-state index contributed by atoms with van der Waals surface area (Å²) in [6.07, 6.45) is 5.46. The summed E-state index contributed by atoms with van der Waals surface area (Å²) in [5, 5.41) is 0. The van der Waals surface area contributed by atoms with Gasteiger partial charge in [-0.25, -0.2) is 0 Å². The first-order chi connectivity index (χ1) is 8.16. The van der Waals surface area contributed by atoms with E-state index in [0.29, 0.717) is 0 Å². The summed E-state index contributed by atoms with van der Waals surface area (Å²) >= 11 is 0. The lowest BCUT2D eigenvalue weighted by atomic mass is 10.0. The molecular weight excluding hydrogens is 208 g/mol. The van der Waals surface area contributed by atoms with Gasteiger partial charge in [0.1, 0.15) is 0 Å². The normalized spacial score (nSPS) is 18.8. The maximum Gasteiger partial charge on any atom is 0.0424 e. The Morgan fingerprint density at radius 2 is 1.82 bits per heavy atom. The van der Waals surface area contributed by atoms with Crippen LogP contribution in [0.4, 0.5) is 0 Å². The van der Waals surface area contributed by atoms with Crippen molar-refractivity contribution in [3.63, 3.8) is 0 Å². The molecule has 2 heteroatoms. The van der Waals surface area contributed by atoms with Gasteiger partial charge in [-0.15, -0.1) is 0 Å². The van der Waals surface area contributed by atoms with Crippen LogP contribution in [0.15, 0.2) is 24.3 Å². The molecule has 1 fully saturated rings. The number of nitrogens with zero attached hydrogens (tertiary/aromatic N) is 1. The van der Waals surface area contributed by atoms with E-state index in [-0.39, 0.29) is 6.04 Å². The minimum atomic E-state index is 0.140. The minimum Gasteiger partial charge on any atom is -0.323 e. The summed E-state index contributed by atoms with van der Waals surface area (Å²) < 4.78 is 0. The van der Waals surface area contributed by atoms with Gasteiger partial charge in [0.05, 0.1) is 0 Å². The molecule has 2 N–H and O–H groups in total. The third-order valence-corrected chi connectivity index (χ3v) is 3.94. The zero-order valence-electron chi connectivity index (χ0n) is 11.0. The number of rotatable bonds is 4. The first-order valence-electron chi connectivity index (χ1n) is 6.69. The highest BCUT2D eigenvalue weighted by Crippen LogP contribution is 2.23. The summed E-state index contributed by atoms with van der Waals surface area (Å²) in [7, 11) is 2.21. The van der Waals surface area contributed by atoms with E-state index >= 15 is 0 Å². The molecule has 94 valence electrons. The Bertz CT molecular complexity index is 338. The number of hydrogen-bond acceptors (Lipinski definition) is 2. The number of aryl methyl sites for hydroxylation is 1. The second-order valence-corrected chi connectivity index (χ2v) is 5.40. The Balaban J connectivity index is 1.91. The summed E-state index contributed by atoms with van der Waals surface area (Å²) in [5.74, 6) is 0. The molecule has 1 aromatic rings. The molecule has 0 amide bonds. The van der Waals surface area contributed by atoms with E-state index in [1.165, 1.54) is 36.8 Å². The predicted octanol–water partition coefficient (Wildman–Crippen LogP) is 2.87. The molecule has 2 nitrogen and oxygen atoms in total. The Hall–Kier alpha value is -0.860. The van der Waals surface area contributed by atoms with Crippen LogP contribution in [0.5, 0.6) is 0 Å². The van der Waals surface area contributed by atoms with Crippen molar-refractivity contribution in [2.24, 2.45) is 5.73 Å². The molecule has 17 heavy (non-hydrogen) atoms. The fourth-order valence-electron chi connectivity index (χ4n) is 2.72. The Kier molecular flexibility index (Phi) is 4.19. The van der Waals surface area contributed by atoms with Crippen molar-refractivity contribution in [3.05, 3.63) is 35.4 Å². The lowest BCUT2D eigenvalue weighted by Gasteiger charge is -2.27. The maximum atomic E-state index is 6.27. The fourth-order valence-corrected chi connectivity index (χ4v) is 2.72. The number of nitrogens with two attached hydrogens (primary N) is 1. The van der Waals surface area contributed by atoms with Crippen LogP contribution >= 0.6 is 0 Å². The zero-order chi connectivity index (χ0) is 12.3. The molecule has 0 spiro atoms. The second-order valence-electron chi connectivity index (χ2n) is 5.40. The van der Waals surface area contributed by atoms with Gasteiger partial charge in [0, 0.05) is 18.6 Å². The highest BCUT2D eigenvalue weighted by atomic mass is 15.1. The fraction of sp³-hybridized carbons (Fsp3) is 0.600. The SMILES string of the molecule is Cc1ccc(C(N)CN(C)C2CCCC2)cc1. The monoisotopic (exact) mass is 232 g/mol. The average molecular weight is 232 g/mol. The van der Waals surface area contributed by atoms with Crippen molar-refractivity contribution >= 4 is 0 Å². The van der Waals surface area contributed by atoms with Crippen LogP contribution in [0.25, 0.3) is 0 Å². The Morgan fingerprint density at radius 3 is 2.41 bits per heavy atom. The second kappa shape index (κ2) is 5.65. The standard InChI is InChI=1S/C15H24N2/c1-12-7-9-13(10-8-12)15(16)11-17(2)14-5-3-4-6-14/h7-10,14-15H,3-6,11,16H2,1-2H3. The molecule has 1 unspecified atom stereocenters. The van der Waals surface area contributed by atoms with E-state index in [2.05, 4.69) is 43.1 Å². The molecule has 1 atom stereocenters. The largest absolute Gasteiger partial charge is 0.323 e. The van der Waals surface area contributed by atoms with Crippen LogP contribution < -0.4 is 5.73 Å². The zero-order valence-corrected chi connectivity index (χ0v) is 11.0. The van der Waals surface area contributed by atoms with Gasteiger partial charge in [0.15, 0.2) is 0 Å². The van der Waals surface area contributed by atoms with E-state index in [1.54, 1.807) is 0 Å². The molecule has 0 aromatic heterocycles. The van der Waals surface area contributed by atoms with Crippen molar-refractivity contribution in [1.29, 1.82) is 0 Å². The smallest absolute Gasteiger partial charge is 0.0424 e. The molecule has 2 rings (SSSR count). The number of likely N-dealkylation sites (N-methyl/N-ethyl adjacent to an activating group) is 1. The highest BCUT2D eigenvalue weighted by molar-refractivity contribution is 5.24. The van der Waals surface area contributed by atoms with Crippen LogP contribution in [0.3, 0.4) is 0 Å². The van der Waals surface area contributed by atoms with E-state index < -0.39 is 0 Å². The third-order valence-electron chi connectivity index (χ3n) is 3.94. The first-order valence-corrected chi connectivity index (χ1v) is 6.69. The highest BCUT2D eigenvalue weighted by Gasteiger charge is 2.21. The van der Waals surface area contributed by atoms with Crippen molar-refractivity contribution in [2.75, 3.05) is 13.6 Å². The van der Waals surface area contributed by atoms with Gasteiger partial charge in [-0.05, 0) is 32.4 Å². The number of benzene rings is 1. The quantitative estimate of drug-likeness (QED) is 0.865. The predicted molar refractivity (Wildman–Crippen MR) is 73.0 cm³/mol. The van der Waals surface area contributed by atoms with Crippen molar-refractivity contribution in [3.8, 4) is 0 Å². The molecule has 0 saturated heterocycles. The van der Waals surface area contributed by atoms with Crippen LogP contribution in [0.1, 0.15) is 42.9 Å². The summed E-state index contributed by atoms with van der Waals surface area (Å²) in [6, 6.07) is 9.49. The van der Waals surface area contributed by atoms with Crippen LogP contribution in [0.2, 0.25) is 0 Å². The van der Waals surface area contributed by atoms with Crippen LogP contribution in [-0.4, -0.2) is 24.5 Å². The molecular formula is C15H24N2. The van der Waals surface area contributed by atoms with Gasteiger partial charge in [-0.3, -0.25) is 0 Å². The molecule has 0 bridgehead atoms. The van der Waals surface area contributed by atoms with E-state index in [1.807, 2.05) is 0 Å². The van der Waals surface area contributed by atoms with Crippen molar-refractivity contribution in [1.82, 2.24) is 4.90 Å². The summed E-state index contributed by atoms with van der Waals surface area (Å²) in [6.45, 7) is 3.08. The van der Waals surface area contributed by atoms with Crippen molar-refractivity contribution in [2.45, 2.75) is 44.7 Å². The molecule has 0 radical (unpaired) electrons. The van der Waals surface area contributed by atoms with Gasteiger partial charge in [-0.2, -0.15) is 0 Å².